The molecule has 0 atom stereocenters. The number of hydrogen-bond donors (Lipinski definition) is 2. The third-order valence-corrected chi connectivity index (χ3v) is 2.70. The van der Waals surface area contributed by atoms with E-state index in [0.717, 1.165) is 12.1 Å². The second-order valence-corrected chi connectivity index (χ2v) is 4.12. The molecule has 0 unspecified atom stereocenters. The number of halogens is 3. The number of nitrogens with one attached hydrogen (secondary N) is 1. The molecule has 6 heteroatoms. The molecule has 0 aliphatic heterocycles. The molecular formula is C13H8ClF2NO2. The fraction of sp³-hybridized carbons (Fsp3) is 0. The van der Waals surface area contributed by atoms with Crippen molar-refractivity contribution in [3.63, 3.8) is 0 Å². The molecule has 1 amide bonds. The Balaban J connectivity index is 2.28. The summed E-state index contributed by atoms with van der Waals surface area (Å²) in [7, 11) is 0. The molecule has 2 aromatic carbocycles. The molecule has 0 bridgehead atoms. The summed E-state index contributed by atoms with van der Waals surface area (Å²) in [6.07, 6.45) is 0. The first-order valence-electron chi connectivity index (χ1n) is 5.23. The van der Waals surface area contributed by atoms with Crippen LogP contribution >= 0.6 is 11.6 Å². The molecule has 0 heterocycles. The molecule has 0 aromatic heterocycles. The highest BCUT2D eigenvalue weighted by Gasteiger charge is 2.16. The summed E-state index contributed by atoms with van der Waals surface area (Å²) in [4.78, 5) is 11.8. The summed E-state index contributed by atoms with van der Waals surface area (Å²) < 4.78 is 26.6. The third kappa shape index (κ3) is 2.82. The zero-order chi connectivity index (χ0) is 14.0. The minimum Gasteiger partial charge on any atom is -0.507 e. The Labute approximate surface area is 112 Å². The number of phenols is 1. The van der Waals surface area contributed by atoms with E-state index in [1.54, 1.807) is 0 Å². The van der Waals surface area contributed by atoms with Crippen LogP contribution in [0.3, 0.4) is 0 Å². The van der Waals surface area contributed by atoms with Crippen LogP contribution in [0.1, 0.15) is 10.4 Å². The topological polar surface area (TPSA) is 49.3 Å². The van der Waals surface area contributed by atoms with E-state index in [0.29, 0.717) is 0 Å². The average Bonchev–Trinajstić information content (AvgIpc) is 2.33. The van der Waals surface area contributed by atoms with Gasteiger partial charge in [0.1, 0.15) is 22.9 Å². The van der Waals surface area contributed by atoms with Crippen molar-refractivity contribution in [2.24, 2.45) is 0 Å². The van der Waals surface area contributed by atoms with Gasteiger partial charge in [0.25, 0.3) is 5.91 Å². The third-order valence-electron chi connectivity index (χ3n) is 2.40. The van der Waals surface area contributed by atoms with Gasteiger partial charge < -0.3 is 10.4 Å². The van der Waals surface area contributed by atoms with Crippen LogP contribution in [0, 0.1) is 11.6 Å². The van der Waals surface area contributed by atoms with E-state index in [4.69, 9.17) is 11.6 Å². The van der Waals surface area contributed by atoms with E-state index in [2.05, 4.69) is 5.32 Å². The molecule has 3 nitrogen and oxygen atoms in total. The maximum atomic E-state index is 13.4. The lowest BCUT2D eigenvalue weighted by atomic mass is 10.1. The Kier molecular flexibility index (Phi) is 3.66. The molecule has 0 saturated carbocycles. The van der Waals surface area contributed by atoms with Crippen molar-refractivity contribution < 1.29 is 18.7 Å². The molecule has 2 rings (SSSR count). The summed E-state index contributed by atoms with van der Waals surface area (Å²) in [5, 5.41) is 11.6. The van der Waals surface area contributed by atoms with Gasteiger partial charge in [-0.25, -0.2) is 8.78 Å². The van der Waals surface area contributed by atoms with E-state index in [9.17, 15) is 18.7 Å². The maximum Gasteiger partial charge on any atom is 0.262 e. The van der Waals surface area contributed by atoms with E-state index >= 15 is 0 Å². The van der Waals surface area contributed by atoms with Gasteiger partial charge in [-0.1, -0.05) is 17.7 Å². The number of aromatic hydroxyl groups is 1. The molecule has 19 heavy (non-hydrogen) atoms. The van der Waals surface area contributed by atoms with Gasteiger partial charge in [-0.2, -0.15) is 0 Å². The van der Waals surface area contributed by atoms with Crippen LogP contribution < -0.4 is 5.32 Å². The molecule has 0 fully saturated rings. The molecule has 0 radical (unpaired) electrons. The van der Waals surface area contributed by atoms with Crippen LogP contribution in [0.25, 0.3) is 0 Å². The second-order valence-electron chi connectivity index (χ2n) is 3.72. The molecule has 0 saturated heterocycles. The first kappa shape index (κ1) is 13.3. The van der Waals surface area contributed by atoms with Crippen LogP contribution in [0.2, 0.25) is 5.02 Å². The van der Waals surface area contributed by atoms with Crippen LogP contribution in [0.4, 0.5) is 14.5 Å². The molecule has 0 aliphatic carbocycles. The molecule has 2 N–H and O–H groups in total. The zero-order valence-corrected chi connectivity index (χ0v) is 10.2. The predicted octanol–water partition coefficient (Wildman–Crippen LogP) is 3.58. The number of benzene rings is 2. The van der Waals surface area contributed by atoms with E-state index in [-0.39, 0.29) is 10.7 Å². The maximum absolute atomic E-state index is 13.4. The van der Waals surface area contributed by atoms with Crippen molar-refractivity contribution in [3.05, 3.63) is 58.6 Å². The van der Waals surface area contributed by atoms with Crippen LogP contribution in [0.15, 0.2) is 36.4 Å². The fourth-order valence-corrected chi connectivity index (χ4v) is 1.62. The molecule has 0 aliphatic rings. The minimum atomic E-state index is -0.877. The normalized spacial score (nSPS) is 10.3. The van der Waals surface area contributed by atoms with E-state index < -0.39 is 28.9 Å². The van der Waals surface area contributed by atoms with Gasteiger partial charge in [0, 0.05) is 5.69 Å². The first-order chi connectivity index (χ1) is 8.99. The number of hydrogen-bond acceptors (Lipinski definition) is 2. The summed E-state index contributed by atoms with van der Waals surface area (Å²) in [6.45, 7) is 0. The number of amides is 1. The summed E-state index contributed by atoms with van der Waals surface area (Å²) in [6, 6.07) is 7.11. The van der Waals surface area contributed by atoms with Crippen molar-refractivity contribution in [2.45, 2.75) is 0 Å². The fourth-order valence-electron chi connectivity index (χ4n) is 1.51. The second kappa shape index (κ2) is 5.24. The number of carbonyl (C=O) groups is 1. The van der Waals surface area contributed by atoms with Crippen molar-refractivity contribution in [3.8, 4) is 5.75 Å². The highest BCUT2D eigenvalue weighted by molar-refractivity contribution is 6.30. The Morgan fingerprint density at radius 2 is 1.89 bits per heavy atom. The Hall–Kier alpha value is -2.14. The highest BCUT2D eigenvalue weighted by atomic mass is 35.5. The lowest BCUT2D eigenvalue weighted by Gasteiger charge is -2.08. The lowest BCUT2D eigenvalue weighted by Crippen LogP contribution is -2.14. The predicted molar refractivity (Wildman–Crippen MR) is 67.4 cm³/mol. The van der Waals surface area contributed by atoms with Gasteiger partial charge in [0.05, 0.1) is 5.02 Å². The Morgan fingerprint density at radius 1 is 1.16 bits per heavy atom. The van der Waals surface area contributed by atoms with Gasteiger partial charge in [0.2, 0.25) is 0 Å². The Bertz CT molecular complexity index is 626. The van der Waals surface area contributed by atoms with Gasteiger partial charge >= 0.3 is 0 Å². The van der Waals surface area contributed by atoms with Gasteiger partial charge in [0.15, 0.2) is 0 Å². The quantitative estimate of drug-likeness (QED) is 0.885. The summed E-state index contributed by atoms with van der Waals surface area (Å²) in [5.74, 6) is -2.95. The molecular weight excluding hydrogens is 276 g/mol. The average molecular weight is 284 g/mol. The van der Waals surface area contributed by atoms with Crippen LogP contribution in [0.5, 0.6) is 5.75 Å². The number of phenolic OH excluding ortho intramolecular Hbond substituents is 1. The first-order valence-corrected chi connectivity index (χ1v) is 5.60. The summed E-state index contributed by atoms with van der Waals surface area (Å²) >= 11 is 5.50. The monoisotopic (exact) mass is 283 g/mol. The van der Waals surface area contributed by atoms with E-state index in [1.165, 1.54) is 24.3 Å². The van der Waals surface area contributed by atoms with E-state index in [1.807, 2.05) is 0 Å². The van der Waals surface area contributed by atoms with Gasteiger partial charge in [-0.3, -0.25) is 4.79 Å². The lowest BCUT2D eigenvalue weighted by molar-refractivity contribution is 0.102. The molecule has 2 aromatic rings. The van der Waals surface area contributed by atoms with Crippen LogP contribution in [-0.2, 0) is 0 Å². The largest absolute Gasteiger partial charge is 0.507 e. The smallest absolute Gasteiger partial charge is 0.262 e. The van der Waals surface area contributed by atoms with Crippen molar-refractivity contribution in [1.29, 1.82) is 0 Å². The van der Waals surface area contributed by atoms with Gasteiger partial charge in [-0.15, -0.1) is 0 Å². The SMILES string of the molecule is O=C(Nc1ccc(Cl)c(F)c1)c1c(O)cccc1F. The van der Waals surface area contributed by atoms with Crippen molar-refractivity contribution >= 4 is 23.2 Å². The number of anilines is 1. The zero-order valence-electron chi connectivity index (χ0n) is 9.45. The van der Waals surface area contributed by atoms with Gasteiger partial charge in [-0.05, 0) is 30.3 Å². The molecule has 0 spiro atoms. The minimum absolute atomic E-state index is 0.0910. The number of carbonyl (C=O) groups excluding carboxylic acids is 1. The Morgan fingerprint density at radius 3 is 2.53 bits per heavy atom. The van der Waals surface area contributed by atoms with Crippen LogP contribution in [-0.4, -0.2) is 11.0 Å². The number of rotatable bonds is 2. The standard InChI is InChI=1S/C13H8ClF2NO2/c14-8-5-4-7(6-10(8)16)17-13(19)12-9(15)2-1-3-11(12)18/h1-6,18H,(H,17,19). The van der Waals surface area contributed by atoms with Crippen molar-refractivity contribution in [2.75, 3.05) is 5.32 Å². The molecule has 98 valence electrons. The summed E-state index contributed by atoms with van der Waals surface area (Å²) in [5.41, 5.74) is -0.396. The highest BCUT2D eigenvalue weighted by Crippen LogP contribution is 2.23. The van der Waals surface area contributed by atoms with Crippen molar-refractivity contribution in [1.82, 2.24) is 0 Å².